The number of pyridine rings is 1. The molecule has 4 rings (SSSR count). The van der Waals surface area contributed by atoms with E-state index >= 15 is 0 Å². The van der Waals surface area contributed by atoms with Crippen molar-refractivity contribution in [3.05, 3.63) is 42.2 Å². The first-order valence-electron chi connectivity index (χ1n) is 8.23. The van der Waals surface area contributed by atoms with Crippen molar-refractivity contribution in [2.45, 2.75) is 18.9 Å². The Morgan fingerprint density at radius 1 is 1.35 bits per heavy atom. The number of carbonyl (C=O) groups excluding carboxylic acids is 2. The molecule has 0 aliphatic carbocycles. The molecule has 1 aliphatic heterocycles. The molecule has 2 amide bonds. The largest absolute Gasteiger partial charge is 0.445 e. The summed E-state index contributed by atoms with van der Waals surface area (Å²) < 4.78 is 5.34. The molecule has 1 aromatic carbocycles. The number of benzene rings is 1. The van der Waals surface area contributed by atoms with Gasteiger partial charge in [0.1, 0.15) is 11.8 Å². The van der Waals surface area contributed by atoms with Crippen molar-refractivity contribution in [3.63, 3.8) is 0 Å². The van der Waals surface area contributed by atoms with E-state index < -0.39 is 12.2 Å². The highest BCUT2D eigenvalue weighted by Gasteiger charge is 2.25. The van der Waals surface area contributed by atoms with Crippen LogP contribution >= 0.6 is 0 Å². The first-order valence-corrected chi connectivity index (χ1v) is 8.23. The fourth-order valence-electron chi connectivity index (χ4n) is 3.12. The Bertz CT molecular complexity index is 983. The van der Waals surface area contributed by atoms with E-state index in [1.54, 1.807) is 19.4 Å². The van der Waals surface area contributed by atoms with Gasteiger partial charge in [-0.25, -0.2) is 4.79 Å². The lowest BCUT2D eigenvalue weighted by atomic mass is 10.00. The van der Waals surface area contributed by atoms with Crippen LogP contribution in [-0.4, -0.2) is 40.3 Å². The van der Waals surface area contributed by atoms with E-state index in [0.717, 1.165) is 27.7 Å². The maximum Gasteiger partial charge on any atom is 0.411 e. The van der Waals surface area contributed by atoms with Gasteiger partial charge in [0.25, 0.3) is 0 Å². The summed E-state index contributed by atoms with van der Waals surface area (Å²) in [6, 6.07) is 7.60. The van der Waals surface area contributed by atoms with Crippen LogP contribution in [0, 0.1) is 0 Å². The number of anilines is 1. The Kier molecular flexibility index (Phi) is 4.00. The van der Waals surface area contributed by atoms with Gasteiger partial charge in [0.05, 0.1) is 11.9 Å². The van der Waals surface area contributed by atoms with Gasteiger partial charge < -0.3 is 10.1 Å². The zero-order valence-electron chi connectivity index (χ0n) is 14.1. The molecule has 8 heteroatoms. The molecule has 3 N–H and O–H groups in total. The first-order chi connectivity index (χ1) is 12.6. The standard InChI is InChI=1S/C18H17N5O3/c1-19-16(24)8-12-6-11-7-13-15(9-14(11)21-18(25)26-12)22-23-17(13)10-2-4-20-5-3-10/h2-5,7,9,12H,6,8H2,1H3,(H,19,24)(H,21,25)(H,22,23). The zero-order valence-corrected chi connectivity index (χ0v) is 14.1. The number of fused-ring (bicyclic) bond motifs is 2. The van der Waals surface area contributed by atoms with Crippen LogP contribution in [0.4, 0.5) is 10.5 Å². The smallest absolute Gasteiger partial charge is 0.411 e. The molecule has 2 aromatic heterocycles. The third-order valence-electron chi connectivity index (χ3n) is 4.39. The van der Waals surface area contributed by atoms with Crippen LogP contribution in [0.25, 0.3) is 22.2 Å². The minimum absolute atomic E-state index is 0.115. The minimum atomic E-state index is -0.564. The van der Waals surface area contributed by atoms with Crippen LogP contribution in [0.3, 0.4) is 0 Å². The number of aromatic amines is 1. The van der Waals surface area contributed by atoms with Crippen LogP contribution < -0.4 is 10.6 Å². The van der Waals surface area contributed by atoms with Gasteiger partial charge in [0, 0.05) is 42.5 Å². The van der Waals surface area contributed by atoms with E-state index in [2.05, 4.69) is 25.8 Å². The molecule has 0 fully saturated rings. The Morgan fingerprint density at radius 2 is 2.15 bits per heavy atom. The highest BCUT2D eigenvalue weighted by molar-refractivity contribution is 5.98. The number of hydrogen-bond donors (Lipinski definition) is 3. The number of rotatable bonds is 3. The maximum absolute atomic E-state index is 12.0. The summed E-state index contributed by atoms with van der Waals surface area (Å²) in [5.74, 6) is -0.173. The molecule has 0 saturated heterocycles. The minimum Gasteiger partial charge on any atom is -0.445 e. The number of aromatic nitrogens is 3. The third-order valence-corrected chi connectivity index (χ3v) is 4.39. The van der Waals surface area contributed by atoms with Crippen molar-refractivity contribution >= 4 is 28.6 Å². The molecule has 132 valence electrons. The van der Waals surface area contributed by atoms with Crippen molar-refractivity contribution in [2.24, 2.45) is 0 Å². The molecule has 1 atom stereocenters. The van der Waals surface area contributed by atoms with E-state index in [0.29, 0.717) is 12.1 Å². The molecule has 3 heterocycles. The van der Waals surface area contributed by atoms with Crippen molar-refractivity contribution in [3.8, 4) is 11.3 Å². The van der Waals surface area contributed by atoms with E-state index in [-0.39, 0.29) is 12.3 Å². The SMILES string of the molecule is CNC(=O)CC1Cc2cc3c(-c4ccncc4)n[nH]c3cc2NC(=O)O1. The molecule has 0 radical (unpaired) electrons. The summed E-state index contributed by atoms with van der Waals surface area (Å²) in [6.45, 7) is 0. The normalized spacial score (nSPS) is 16.3. The Balaban J connectivity index is 1.76. The van der Waals surface area contributed by atoms with Crippen molar-refractivity contribution in [1.82, 2.24) is 20.5 Å². The average Bonchev–Trinajstić information content (AvgIpc) is 2.97. The second-order valence-corrected chi connectivity index (χ2v) is 6.10. The fourth-order valence-corrected chi connectivity index (χ4v) is 3.12. The van der Waals surface area contributed by atoms with Crippen LogP contribution in [0.1, 0.15) is 12.0 Å². The number of nitrogens with zero attached hydrogens (tertiary/aromatic N) is 2. The lowest BCUT2D eigenvalue weighted by molar-refractivity contribution is -0.122. The highest BCUT2D eigenvalue weighted by Crippen LogP contribution is 2.32. The van der Waals surface area contributed by atoms with E-state index in [1.807, 2.05) is 24.3 Å². The number of H-pyrrole nitrogens is 1. The van der Waals surface area contributed by atoms with Crippen LogP contribution in [-0.2, 0) is 16.0 Å². The molecular formula is C18H17N5O3. The van der Waals surface area contributed by atoms with Gasteiger partial charge in [0.15, 0.2) is 0 Å². The van der Waals surface area contributed by atoms with E-state index in [9.17, 15) is 9.59 Å². The highest BCUT2D eigenvalue weighted by atomic mass is 16.6. The second-order valence-electron chi connectivity index (χ2n) is 6.10. The molecular weight excluding hydrogens is 334 g/mol. The maximum atomic E-state index is 12.0. The zero-order chi connectivity index (χ0) is 18.1. The van der Waals surface area contributed by atoms with Gasteiger partial charge in [-0.1, -0.05) is 0 Å². The predicted octanol–water partition coefficient (Wildman–Crippen LogP) is 2.23. The number of nitrogens with one attached hydrogen (secondary N) is 3. The van der Waals surface area contributed by atoms with E-state index in [4.69, 9.17) is 4.74 Å². The molecule has 1 unspecified atom stereocenters. The third kappa shape index (κ3) is 2.97. The van der Waals surface area contributed by atoms with Gasteiger partial charge in [-0.3, -0.25) is 20.2 Å². The van der Waals surface area contributed by atoms with Gasteiger partial charge in [-0.2, -0.15) is 5.10 Å². The molecule has 0 saturated carbocycles. The van der Waals surface area contributed by atoms with E-state index in [1.165, 1.54) is 0 Å². The number of ether oxygens (including phenoxy) is 1. The molecule has 8 nitrogen and oxygen atoms in total. The quantitative estimate of drug-likeness (QED) is 0.670. The van der Waals surface area contributed by atoms with Crippen molar-refractivity contribution in [2.75, 3.05) is 12.4 Å². The fraction of sp³-hybridized carbons (Fsp3) is 0.222. The van der Waals surface area contributed by atoms with Crippen LogP contribution in [0.15, 0.2) is 36.7 Å². The summed E-state index contributed by atoms with van der Waals surface area (Å²) in [4.78, 5) is 27.7. The predicted molar refractivity (Wildman–Crippen MR) is 95.6 cm³/mol. The van der Waals surface area contributed by atoms with Gasteiger partial charge >= 0.3 is 6.09 Å². The number of amides is 2. The van der Waals surface area contributed by atoms with Gasteiger partial charge in [-0.05, 0) is 29.8 Å². The van der Waals surface area contributed by atoms with Crippen molar-refractivity contribution < 1.29 is 14.3 Å². The lowest BCUT2D eigenvalue weighted by Crippen LogP contribution is -2.28. The Morgan fingerprint density at radius 3 is 2.92 bits per heavy atom. The average molecular weight is 351 g/mol. The summed E-state index contributed by atoms with van der Waals surface area (Å²) >= 11 is 0. The summed E-state index contributed by atoms with van der Waals surface area (Å²) in [7, 11) is 1.56. The molecule has 0 bridgehead atoms. The molecule has 0 spiro atoms. The number of hydrogen-bond acceptors (Lipinski definition) is 5. The Labute approximate surface area is 149 Å². The van der Waals surface area contributed by atoms with Crippen molar-refractivity contribution in [1.29, 1.82) is 0 Å². The second kappa shape index (κ2) is 6.47. The summed E-state index contributed by atoms with van der Waals surface area (Å²) in [6.07, 6.45) is 2.90. The molecule has 1 aliphatic rings. The summed E-state index contributed by atoms with van der Waals surface area (Å²) in [5, 5.41) is 13.6. The number of cyclic esters (lactones) is 1. The first kappa shape index (κ1) is 16.1. The van der Waals surface area contributed by atoms with Gasteiger partial charge in [0.2, 0.25) is 5.91 Å². The van der Waals surface area contributed by atoms with Gasteiger partial charge in [-0.15, -0.1) is 0 Å². The number of carbonyl (C=O) groups is 2. The molecule has 3 aromatic rings. The molecule has 26 heavy (non-hydrogen) atoms. The van der Waals surface area contributed by atoms with Crippen LogP contribution in [0.2, 0.25) is 0 Å². The topological polar surface area (TPSA) is 109 Å². The lowest BCUT2D eigenvalue weighted by Gasteiger charge is -2.13. The Hall–Kier alpha value is -3.42. The monoisotopic (exact) mass is 351 g/mol. The summed E-state index contributed by atoms with van der Waals surface area (Å²) in [5.41, 5.74) is 4.12. The van der Waals surface area contributed by atoms with Crippen LogP contribution in [0.5, 0.6) is 0 Å².